The van der Waals surface area contributed by atoms with Crippen molar-refractivity contribution in [1.29, 1.82) is 0 Å². The van der Waals surface area contributed by atoms with E-state index < -0.39 is 22.0 Å². The van der Waals surface area contributed by atoms with E-state index in [-0.39, 0.29) is 24.6 Å². The van der Waals surface area contributed by atoms with Gasteiger partial charge in [-0.1, -0.05) is 6.42 Å². The molecule has 1 heterocycles. The van der Waals surface area contributed by atoms with Crippen LogP contribution in [0, 0.1) is 0 Å². The van der Waals surface area contributed by atoms with Gasteiger partial charge in [0.1, 0.15) is 5.78 Å². The van der Waals surface area contributed by atoms with Gasteiger partial charge in [-0.05, 0) is 26.7 Å². The van der Waals surface area contributed by atoms with Crippen molar-refractivity contribution in [3.05, 3.63) is 0 Å². The minimum absolute atomic E-state index is 0.139. The van der Waals surface area contributed by atoms with Crippen LogP contribution >= 0.6 is 0 Å². The summed E-state index contributed by atoms with van der Waals surface area (Å²) in [6.07, 6.45) is 2.00. The van der Waals surface area contributed by atoms with Gasteiger partial charge in [-0.3, -0.25) is 9.59 Å². The lowest BCUT2D eigenvalue weighted by atomic mass is 10.0. The van der Waals surface area contributed by atoms with Crippen LogP contribution in [0.15, 0.2) is 0 Å². The Morgan fingerprint density at radius 3 is 2.58 bits per heavy atom. The fraction of sp³-hybridized carbons (Fsp3) is 0.833. The molecule has 0 aromatic heterocycles. The van der Waals surface area contributed by atoms with Gasteiger partial charge in [0.15, 0.2) is 0 Å². The Kier molecular flexibility index (Phi) is 5.93. The zero-order chi connectivity index (χ0) is 14.5. The molecular formula is C12H21NO5S. The third kappa shape index (κ3) is 4.58. The largest absolute Gasteiger partial charge is 0.466 e. The molecule has 1 aliphatic heterocycles. The number of ether oxygens (including phenoxy) is 1. The summed E-state index contributed by atoms with van der Waals surface area (Å²) in [5.74, 6) is -0.961. The van der Waals surface area contributed by atoms with Gasteiger partial charge in [0, 0.05) is 6.54 Å². The number of carbonyl (C=O) groups excluding carboxylic acids is 2. The van der Waals surface area contributed by atoms with E-state index in [0.29, 0.717) is 13.0 Å². The van der Waals surface area contributed by atoms with Gasteiger partial charge in [0.05, 0.1) is 24.8 Å². The molecule has 1 unspecified atom stereocenters. The number of esters is 1. The van der Waals surface area contributed by atoms with E-state index in [1.807, 2.05) is 0 Å². The normalized spacial score (nSPS) is 21.1. The fourth-order valence-corrected chi connectivity index (χ4v) is 3.91. The lowest BCUT2D eigenvalue weighted by Crippen LogP contribution is -2.48. The number of sulfonamides is 1. The van der Waals surface area contributed by atoms with Crippen molar-refractivity contribution in [3.63, 3.8) is 0 Å². The lowest BCUT2D eigenvalue weighted by molar-refractivity contribution is -0.142. The highest BCUT2D eigenvalue weighted by Crippen LogP contribution is 2.21. The first-order chi connectivity index (χ1) is 8.88. The van der Waals surface area contributed by atoms with E-state index >= 15 is 0 Å². The zero-order valence-electron chi connectivity index (χ0n) is 11.4. The molecule has 0 saturated carbocycles. The second-order valence-electron chi connectivity index (χ2n) is 4.60. The van der Waals surface area contributed by atoms with Crippen LogP contribution in [0.2, 0.25) is 0 Å². The van der Waals surface area contributed by atoms with Crippen molar-refractivity contribution in [2.24, 2.45) is 0 Å². The molecule has 0 bridgehead atoms. The molecule has 1 saturated heterocycles. The first-order valence-electron chi connectivity index (χ1n) is 6.54. The molecule has 0 aromatic carbocycles. The highest BCUT2D eigenvalue weighted by atomic mass is 32.2. The van der Waals surface area contributed by atoms with Crippen LogP contribution in [0.1, 0.15) is 39.5 Å². The molecular weight excluding hydrogens is 270 g/mol. The molecule has 0 aliphatic carbocycles. The van der Waals surface area contributed by atoms with E-state index in [9.17, 15) is 18.0 Å². The standard InChI is InChI=1S/C12H21NO5S/c1-3-18-12(15)7-9-19(16,17)13-8-5-4-6-11(13)10(2)14/h11H,3-9H2,1-2H3. The molecule has 1 rings (SSSR count). The van der Waals surface area contributed by atoms with Crippen LogP contribution in [0.4, 0.5) is 0 Å². The molecule has 1 aliphatic rings. The van der Waals surface area contributed by atoms with Gasteiger partial charge in [-0.25, -0.2) is 8.42 Å². The van der Waals surface area contributed by atoms with E-state index in [1.165, 1.54) is 11.2 Å². The Balaban J connectivity index is 2.69. The number of carbonyl (C=O) groups is 2. The smallest absolute Gasteiger partial charge is 0.306 e. The Bertz CT molecular complexity index is 431. The van der Waals surface area contributed by atoms with Crippen molar-refractivity contribution >= 4 is 21.8 Å². The van der Waals surface area contributed by atoms with Crippen molar-refractivity contribution in [2.45, 2.75) is 45.6 Å². The number of hydrogen-bond donors (Lipinski definition) is 0. The molecule has 0 radical (unpaired) electrons. The molecule has 7 heteroatoms. The first-order valence-corrected chi connectivity index (χ1v) is 8.15. The van der Waals surface area contributed by atoms with Gasteiger partial charge in [-0.15, -0.1) is 0 Å². The van der Waals surface area contributed by atoms with Gasteiger partial charge >= 0.3 is 5.97 Å². The monoisotopic (exact) mass is 291 g/mol. The summed E-state index contributed by atoms with van der Waals surface area (Å²) in [6.45, 7) is 3.67. The molecule has 1 atom stereocenters. The number of hydrogen-bond acceptors (Lipinski definition) is 5. The molecule has 0 aromatic rings. The third-order valence-corrected chi connectivity index (χ3v) is 5.02. The van der Waals surface area contributed by atoms with Crippen LogP contribution in [-0.4, -0.2) is 49.4 Å². The van der Waals surface area contributed by atoms with Crippen molar-refractivity contribution in [2.75, 3.05) is 18.9 Å². The number of rotatable bonds is 6. The molecule has 0 N–H and O–H groups in total. The molecule has 0 amide bonds. The van der Waals surface area contributed by atoms with E-state index in [0.717, 1.165) is 12.8 Å². The highest BCUT2D eigenvalue weighted by molar-refractivity contribution is 7.89. The Hall–Kier alpha value is -0.950. The summed E-state index contributed by atoms with van der Waals surface area (Å²) in [6, 6.07) is -0.569. The van der Waals surface area contributed by atoms with Crippen molar-refractivity contribution < 1.29 is 22.7 Å². The maximum atomic E-state index is 12.2. The molecule has 110 valence electrons. The quantitative estimate of drug-likeness (QED) is 0.673. The Morgan fingerprint density at radius 1 is 1.32 bits per heavy atom. The highest BCUT2D eigenvalue weighted by Gasteiger charge is 2.34. The van der Waals surface area contributed by atoms with E-state index in [4.69, 9.17) is 4.74 Å². The van der Waals surface area contributed by atoms with Gasteiger partial charge in [0.2, 0.25) is 10.0 Å². The van der Waals surface area contributed by atoms with Crippen molar-refractivity contribution in [1.82, 2.24) is 4.31 Å². The van der Waals surface area contributed by atoms with Gasteiger partial charge < -0.3 is 4.74 Å². The van der Waals surface area contributed by atoms with E-state index in [1.54, 1.807) is 6.92 Å². The van der Waals surface area contributed by atoms with Crippen LogP contribution < -0.4 is 0 Å². The van der Waals surface area contributed by atoms with Crippen LogP contribution in [0.5, 0.6) is 0 Å². The minimum Gasteiger partial charge on any atom is -0.466 e. The summed E-state index contributed by atoms with van der Waals surface area (Å²) in [7, 11) is -3.58. The molecule has 19 heavy (non-hydrogen) atoms. The average Bonchev–Trinajstić information content (AvgIpc) is 2.37. The number of piperidine rings is 1. The predicted octanol–water partition coefficient (Wildman–Crippen LogP) is 0.713. The Labute approximate surface area is 114 Å². The summed E-state index contributed by atoms with van der Waals surface area (Å²) < 4.78 is 30.3. The second kappa shape index (κ2) is 7.00. The van der Waals surface area contributed by atoms with Crippen LogP contribution in [0.3, 0.4) is 0 Å². The number of nitrogens with zero attached hydrogens (tertiary/aromatic N) is 1. The second-order valence-corrected chi connectivity index (χ2v) is 6.65. The average molecular weight is 291 g/mol. The molecule has 0 spiro atoms. The summed E-state index contributed by atoms with van der Waals surface area (Å²) in [5, 5.41) is 0. The first kappa shape index (κ1) is 16.1. The lowest BCUT2D eigenvalue weighted by Gasteiger charge is -2.32. The molecule has 1 fully saturated rings. The predicted molar refractivity (Wildman–Crippen MR) is 70.1 cm³/mol. The fourth-order valence-electron chi connectivity index (χ4n) is 2.21. The Morgan fingerprint density at radius 2 is 2.00 bits per heavy atom. The van der Waals surface area contributed by atoms with Gasteiger partial charge in [-0.2, -0.15) is 4.31 Å². The number of Topliss-reactive ketones (excluding diaryl/α,β-unsaturated/α-hetero) is 1. The molecule has 6 nitrogen and oxygen atoms in total. The zero-order valence-corrected chi connectivity index (χ0v) is 12.2. The van der Waals surface area contributed by atoms with Gasteiger partial charge in [0.25, 0.3) is 0 Å². The van der Waals surface area contributed by atoms with Crippen molar-refractivity contribution in [3.8, 4) is 0 Å². The van der Waals surface area contributed by atoms with E-state index in [2.05, 4.69) is 0 Å². The van der Waals surface area contributed by atoms with Crippen LogP contribution in [0.25, 0.3) is 0 Å². The maximum absolute atomic E-state index is 12.2. The summed E-state index contributed by atoms with van der Waals surface area (Å²) >= 11 is 0. The summed E-state index contributed by atoms with van der Waals surface area (Å²) in [5.41, 5.74) is 0. The van der Waals surface area contributed by atoms with Crippen LogP contribution in [-0.2, 0) is 24.3 Å². The maximum Gasteiger partial charge on any atom is 0.306 e. The minimum atomic E-state index is -3.58. The third-order valence-electron chi connectivity index (χ3n) is 3.15. The SMILES string of the molecule is CCOC(=O)CCS(=O)(=O)N1CCCCC1C(C)=O. The topological polar surface area (TPSA) is 80.8 Å². The summed E-state index contributed by atoms with van der Waals surface area (Å²) in [4.78, 5) is 22.7. The number of ketones is 1.